The van der Waals surface area contributed by atoms with Crippen LogP contribution in [-0.4, -0.2) is 45.6 Å². The standard InChI is InChI=1S/C14H21N7O2S/c1-5-15-11-18-12(16-6-2)20-13(19-11)21-14-17-8(4)9(24-14)10(22)23-7-3/h5-7H2,1-4H3,(H3,15,16,17,18,19,20,21). The van der Waals surface area contributed by atoms with Crippen molar-refractivity contribution < 1.29 is 9.53 Å². The Morgan fingerprint density at radius 2 is 1.58 bits per heavy atom. The maximum absolute atomic E-state index is 11.9. The van der Waals surface area contributed by atoms with Crippen molar-refractivity contribution in [1.82, 2.24) is 19.9 Å². The quantitative estimate of drug-likeness (QED) is 0.617. The van der Waals surface area contributed by atoms with Gasteiger partial charge < -0.3 is 15.4 Å². The number of aromatic nitrogens is 4. The van der Waals surface area contributed by atoms with Crippen molar-refractivity contribution >= 4 is 40.3 Å². The van der Waals surface area contributed by atoms with Gasteiger partial charge in [-0.05, 0) is 27.7 Å². The number of carbonyl (C=O) groups is 1. The fourth-order valence-corrected chi connectivity index (χ4v) is 2.69. The number of rotatable bonds is 8. The summed E-state index contributed by atoms with van der Waals surface area (Å²) < 4.78 is 5.02. The highest BCUT2D eigenvalue weighted by molar-refractivity contribution is 7.17. The lowest BCUT2D eigenvalue weighted by Crippen LogP contribution is -2.10. The zero-order valence-corrected chi connectivity index (χ0v) is 15.0. The summed E-state index contributed by atoms with van der Waals surface area (Å²) in [6.45, 7) is 9.15. The van der Waals surface area contributed by atoms with Crippen molar-refractivity contribution in [3.63, 3.8) is 0 Å². The van der Waals surface area contributed by atoms with Crippen molar-refractivity contribution in [2.75, 3.05) is 35.6 Å². The molecule has 0 spiro atoms. The number of nitrogens with one attached hydrogen (secondary N) is 3. The van der Waals surface area contributed by atoms with Gasteiger partial charge in [-0.15, -0.1) is 0 Å². The number of carbonyl (C=O) groups excluding carboxylic acids is 1. The van der Waals surface area contributed by atoms with Gasteiger partial charge in [0.1, 0.15) is 4.88 Å². The molecule has 0 aliphatic heterocycles. The van der Waals surface area contributed by atoms with E-state index in [0.29, 0.717) is 53.2 Å². The Bertz CT molecular complexity index is 680. The van der Waals surface area contributed by atoms with E-state index in [-0.39, 0.29) is 5.97 Å². The van der Waals surface area contributed by atoms with E-state index in [0.717, 1.165) is 0 Å². The van der Waals surface area contributed by atoms with E-state index in [2.05, 4.69) is 35.9 Å². The average Bonchev–Trinajstić information content (AvgIpc) is 2.88. The maximum atomic E-state index is 11.9. The third-order valence-electron chi connectivity index (χ3n) is 2.78. The lowest BCUT2D eigenvalue weighted by molar-refractivity contribution is 0.0531. The van der Waals surface area contributed by atoms with E-state index >= 15 is 0 Å². The summed E-state index contributed by atoms with van der Waals surface area (Å²) in [5.41, 5.74) is 0.605. The molecule has 0 saturated heterocycles. The molecule has 130 valence electrons. The molecule has 2 rings (SSSR count). The van der Waals surface area contributed by atoms with Crippen LogP contribution in [0.3, 0.4) is 0 Å². The Kier molecular flexibility index (Phi) is 6.24. The molecule has 0 radical (unpaired) electrons. The Balaban J connectivity index is 2.23. The van der Waals surface area contributed by atoms with Crippen LogP contribution in [0.1, 0.15) is 36.1 Å². The molecule has 0 fully saturated rings. The van der Waals surface area contributed by atoms with E-state index in [1.165, 1.54) is 11.3 Å². The summed E-state index contributed by atoms with van der Waals surface area (Å²) in [6.07, 6.45) is 0. The molecule has 0 amide bonds. The number of hydrogen-bond acceptors (Lipinski definition) is 10. The summed E-state index contributed by atoms with van der Waals surface area (Å²) >= 11 is 1.20. The normalized spacial score (nSPS) is 10.3. The van der Waals surface area contributed by atoms with Gasteiger partial charge >= 0.3 is 5.97 Å². The number of aryl methyl sites for hydroxylation is 1. The number of esters is 1. The zero-order valence-electron chi connectivity index (χ0n) is 14.1. The molecule has 9 nitrogen and oxygen atoms in total. The predicted molar refractivity (Wildman–Crippen MR) is 94.2 cm³/mol. The maximum Gasteiger partial charge on any atom is 0.350 e. The minimum Gasteiger partial charge on any atom is -0.462 e. The minimum absolute atomic E-state index is 0.324. The third kappa shape index (κ3) is 4.51. The highest BCUT2D eigenvalue weighted by Crippen LogP contribution is 2.25. The van der Waals surface area contributed by atoms with Crippen LogP contribution < -0.4 is 16.0 Å². The number of nitrogens with zero attached hydrogens (tertiary/aromatic N) is 4. The first kappa shape index (κ1) is 17.9. The smallest absolute Gasteiger partial charge is 0.350 e. The zero-order chi connectivity index (χ0) is 17.5. The molecule has 0 aliphatic carbocycles. The number of ether oxygens (including phenoxy) is 1. The molecule has 0 aliphatic rings. The van der Waals surface area contributed by atoms with E-state index in [1.807, 2.05) is 13.8 Å². The van der Waals surface area contributed by atoms with Gasteiger partial charge in [0.15, 0.2) is 5.13 Å². The second-order valence-electron chi connectivity index (χ2n) is 4.65. The molecule has 3 N–H and O–H groups in total. The molecule has 0 atom stereocenters. The SMILES string of the molecule is CCNc1nc(NCC)nc(Nc2nc(C)c(C(=O)OCC)s2)n1. The second-order valence-corrected chi connectivity index (χ2v) is 5.64. The second kappa shape index (κ2) is 8.39. The monoisotopic (exact) mass is 351 g/mol. The van der Waals surface area contributed by atoms with Crippen molar-refractivity contribution in [3.05, 3.63) is 10.6 Å². The van der Waals surface area contributed by atoms with Crippen LogP contribution >= 0.6 is 11.3 Å². The molecule has 0 aromatic carbocycles. The van der Waals surface area contributed by atoms with E-state index in [4.69, 9.17) is 4.74 Å². The molecular formula is C14H21N7O2S. The summed E-state index contributed by atoms with van der Waals surface area (Å²) in [5.74, 6) is 0.897. The van der Waals surface area contributed by atoms with Gasteiger partial charge in [0.05, 0.1) is 12.3 Å². The third-order valence-corrected chi connectivity index (χ3v) is 3.83. The number of hydrogen-bond donors (Lipinski definition) is 3. The van der Waals surface area contributed by atoms with E-state index in [9.17, 15) is 4.79 Å². The van der Waals surface area contributed by atoms with Gasteiger partial charge in [-0.1, -0.05) is 11.3 Å². The minimum atomic E-state index is -0.377. The molecule has 24 heavy (non-hydrogen) atoms. The molecular weight excluding hydrogens is 330 g/mol. The van der Waals surface area contributed by atoms with Gasteiger partial charge in [0.2, 0.25) is 17.8 Å². The van der Waals surface area contributed by atoms with Crippen molar-refractivity contribution in [2.45, 2.75) is 27.7 Å². The lowest BCUT2D eigenvalue weighted by Gasteiger charge is -2.08. The first-order valence-corrected chi connectivity index (χ1v) is 8.54. The van der Waals surface area contributed by atoms with Crippen LogP contribution in [0.2, 0.25) is 0 Å². The van der Waals surface area contributed by atoms with Crippen LogP contribution in [0.25, 0.3) is 0 Å². The Morgan fingerprint density at radius 3 is 2.12 bits per heavy atom. The van der Waals surface area contributed by atoms with Crippen LogP contribution in [0.5, 0.6) is 0 Å². The van der Waals surface area contributed by atoms with Gasteiger partial charge in [-0.25, -0.2) is 9.78 Å². The molecule has 0 bridgehead atoms. The Hall–Kier alpha value is -2.49. The van der Waals surface area contributed by atoms with Crippen LogP contribution in [0.15, 0.2) is 0 Å². The van der Waals surface area contributed by atoms with Gasteiger partial charge in [-0.2, -0.15) is 15.0 Å². The molecule has 2 aromatic heterocycles. The Labute approximate surface area is 144 Å². The van der Waals surface area contributed by atoms with E-state index in [1.54, 1.807) is 13.8 Å². The summed E-state index contributed by atoms with van der Waals surface area (Å²) in [7, 11) is 0. The largest absolute Gasteiger partial charge is 0.462 e. The number of anilines is 4. The van der Waals surface area contributed by atoms with Crippen molar-refractivity contribution in [2.24, 2.45) is 0 Å². The summed E-state index contributed by atoms with van der Waals surface area (Å²) in [5, 5.41) is 9.64. The summed E-state index contributed by atoms with van der Waals surface area (Å²) in [4.78, 5) is 29.5. The summed E-state index contributed by atoms with van der Waals surface area (Å²) in [6, 6.07) is 0. The number of thiazole rings is 1. The van der Waals surface area contributed by atoms with Crippen molar-refractivity contribution in [1.29, 1.82) is 0 Å². The molecule has 0 unspecified atom stereocenters. The van der Waals surface area contributed by atoms with Crippen LogP contribution in [-0.2, 0) is 4.74 Å². The molecule has 10 heteroatoms. The van der Waals surface area contributed by atoms with Crippen LogP contribution in [0.4, 0.5) is 23.0 Å². The molecule has 0 saturated carbocycles. The highest BCUT2D eigenvalue weighted by atomic mass is 32.1. The van der Waals surface area contributed by atoms with Crippen molar-refractivity contribution in [3.8, 4) is 0 Å². The first-order chi connectivity index (χ1) is 11.6. The van der Waals surface area contributed by atoms with Gasteiger partial charge in [-0.3, -0.25) is 5.32 Å². The topological polar surface area (TPSA) is 114 Å². The van der Waals surface area contributed by atoms with Crippen LogP contribution in [0, 0.1) is 6.92 Å². The first-order valence-electron chi connectivity index (χ1n) is 7.72. The predicted octanol–water partition coefficient (Wildman–Crippen LogP) is 2.42. The fourth-order valence-electron chi connectivity index (χ4n) is 1.84. The fraction of sp³-hybridized carbons (Fsp3) is 0.500. The van der Waals surface area contributed by atoms with Gasteiger partial charge in [0.25, 0.3) is 0 Å². The average molecular weight is 351 g/mol. The van der Waals surface area contributed by atoms with E-state index < -0.39 is 0 Å². The molecule has 2 aromatic rings. The Morgan fingerprint density at radius 1 is 1.00 bits per heavy atom. The lowest BCUT2D eigenvalue weighted by atomic mass is 10.4. The van der Waals surface area contributed by atoms with Gasteiger partial charge in [0, 0.05) is 13.1 Å². The highest BCUT2D eigenvalue weighted by Gasteiger charge is 2.17. The molecule has 2 heterocycles.